The molecule has 3 atom stereocenters. The molecule has 1 aliphatic heterocycles. The van der Waals surface area contributed by atoms with Gasteiger partial charge in [-0.2, -0.15) is 0 Å². The highest BCUT2D eigenvalue weighted by Crippen LogP contribution is 2.52. The number of thiazole rings is 1. The van der Waals surface area contributed by atoms with Crippen LogP contribution in [0.25, 0.3) is 0 Å². The van der Waals surface area contributed by atoms with E-state index in [1.807, 2.05) is 67.6 Å². The van der Waals surface area contributed by atoms with Crippen LogP contribution < -0.4 is 5.32 Å². The molecule has 204 valence electrons. The minimum atomic E-state index is -1.50. The molecular weight excluding hydrogens is 516 g/mol. The highest BCUT2D eigenvalue weighted by Gasteiger charge is 2.60. The predicted molar refractivity (Wildman–Crippen MR) is 148 cm³/mol. The average Bonchev–Trinajstić information content (AvgIpc) is 3.37. The standard InChI is InChI=1S/C30H32N2O6S/c1-6-38-27(34)25-22(17-20-13-9-7-10-14-20)39-28(32-25)30(29(35)37-5)19(3)31-18(2)23(26(33)36-4)24(30)21-15-11-8-12-16-21/h7-16,19,24,31H,6,17H2,1-5H3. The van der Waals surface area contributed by atoms with Crippen molar-refractivity contribution >= 4 is 29.2 Å². The summed E-state index contributed by atoms with van der Waals surface area (Å²) >= 11 is 1.25. The van der Waals surface area contributed by atoms with Gasteiger partial charge in [0, 0.05) is 29.0 Å². The molecule has 0 radical (unpaired) electrons. The van der Waals surface area contributed by atoms with Gasteiger partial charge in [-0.05, 0) is 31.9 Å². The Kier molecular flexibility index (Phi) is 8.50. The molecule has 0 spiro atoms. The third-order valence-electron chi connectivity index (χ3n) is 7.05. The zero-order chi connectivity index (χ0) is 28.2. The monoisotopic (exact) mass is 548 g/mol. The number of ether oxygens (including phenoxy) is 3. The van der Waals surface area contributed by atoms with Crippen molar-refractivity contribution in [3.05, 3.63) is 98.6 Å². The summed E-state index contributed by atoms with van der Waals surface area (Å²) in [5.74, 6) is -2.53. The quantitative estimate of drug-likeness (QED) is 0.323. The summed E-state index contributed by atoms with van der Waals surface area (Å²) in [6.45, 7) is 5.55. The molecule has 2 heterocycles. The van der Waals surface area contributed by atoms with E-state index in [2.05, 4.69) is 5.32 Å². The molecule has 2 aromatic carbocycles. The van der Waals surface area contributed by atoms with Crippen molar-refractivity contribution < 1.29 is 28.6 Å². The topological polar surface area (TPSA) is 104 Å². The molecule has 0 saturated carbocycles. The second-order valence-electron chi connectivity index (χ2n) is 9.27. The Morgan fingerprint density at radius 2 is 1.62 bits per heavy atom. The summed E-state index contributed by atoms with van der Waals surface area (Å²) in [5.41, 5.74) is 1.23. The first-order chi connectivity index (χ1) is 18.8. The molecule has 0 fully saturated rings. The molecule has 0 amide bonds. The molecule has 8 nitrogen and oxygen atoms in total. The molecule has 1 N–H and O–H groups in total. The molecule has 3 aromatic rings. The van der Waals surface area contributed by atoms with Gasteiger partial charge in [0.15, 0.2) is 11.1 Å². The number of esters is 3. The first-order valence-electron chi connectivity index (χ1n) is 12.7. The van der Waals surface area contributed by atoms with Crippen molar-refractivity contribution in [2.75, 3.05) is 20.8 Å². The summed E-state index contributed by atoms with van der Waals surface area (Å²) in [7, 11) is 2.62. The van der Waals surface area contributed by atoms with Crippen molar-refractivity contribution in [3.63, 3.8) is 0 Å². The number of methoxy groups -OCH3 is 2. The van der Waals surface area contributed by atoms with Crippen LogP contribution in [0.1, 0.15) is 58.2 Å². The zero-order valence-corrected chi connectivity index (χ0v) is 23.5. The lowest BCUT2D eigenvalue weighted by Crippen LogP contribution is -2.60. The zero-order valence-electron chi connectivity index (χ0n) is 22.6. The van der Waals surface area contributed by atoms with Crippen LogP contribution in [0.15, 0.2) is 71.9 Å². The highest BCUT2D eigenvalue weighted by molar-refractivity contribution is 7.12. The van der Waals surface area contributed by atoms with Gasteiger partial charge >= 0.3 is 17.9 Å². The van der Waals surface area contributed by atoms with E-state index in [1.165, 1.54) is 25.6 Å². The summed E-state index contributed by atoms with van der Waals surface area (Å²) < 4.78 is 16.0. The number of nitrogens with zero attached hydrogens (tertiary/aromatic N) is 1. The SMILES string of the molecule is CCOC(=O)c1nc(C2(C(=O)OC)C(C)NC(C)=C(C(=O)OC)C2c2ccccc2)sc1Cc1ccccc1. The molecule has 0 bridgehead atoms. The maximum atomic E-state index is 14.0. The summed E-state index contributed by atoms with van der Waals surface area (Å²) in [4.78, 5) is 45.8. The average molecular weight is 549 g/mol. The van der Waals surface area contributed by atoms with E-state index in [0.29, 0.717) is 33.1 Å². The van der Waals surface area contributed by atoms with E-state index in [1.54, 1.807) is 13.8 Å². The normalized spacial score (nSPS) is 20.6. The molecule has 1 aromatic heterocycles. The number of carbonyl (C=O) groups is 3. The van der Waals surface area contributed by atoms with Gasteiger partial charge in [-0.15, -0.1) is 11.3 Å². The Labute approximate surface area is 232 Å². The smallest absolute Gasteiger partial charge is 0.358 e. The molecule has 39 heavy (non-hydrogen) atoms. The van der Waals surface area contributed by atoms with Crippen LogP contribution in [0.5, 0.6) is 0 Å². The van der Waals surface area contributed by atoms with Crippen LogP contribution in [-0.2, 0) is 35.6 Å². The number of hydrogen-bond acceptors (Lipinski definition) is 9. The molecule has 1 aliphatic rings. The first kappa shape index (κ1) is 28.0. The van der Waals surface area contributed by atoms with Crippen molar-refractivity contribution in [2.24, 2.45) is 0 Å². The number of carbonyl (C=O) groups excluding carboxylic acids is 3. The number of allylic oxidation sites excluding steroid dienone is 1. The maximum absolute atomic E-state index is 14.0. The number of aromatic nitrogens is 1. The second kappa shape index (κ2) is 11.8. The van der Waals surface area contributed by atoms with Crippen molar-refractivity contribution in [1.29, 1.82) is 0 Å². The molecule has 0 saturated heterocycles. The Balaban J connectivity index is 2.03. The Morgan fingerprint density at radius 3 is 2.21 bits per heavy atom. The maximum Gasteiger partial charge on any atom is 0.358 e. The Morgan fingerprint density at radius 1 is 0.974 bits per heavy atom. The summed E-state index contributed by atoms with van der Waals surface area (Å²) in [5, 5.41) is 3.66. The Bertz CT molecular complexity index is 1380. The highest BCUT2D eigenvalue weighted by atomic mass is 32.1. The van der Waals surface area contributed by atoms with Crippen LogP contribution in [0, 0.1) is 0 Å². The molecule has 4 rings (SSSR count). The lowest BCUT2D eigenvalue weighted by atomic mass is 9.62. The molecule has 0 aliphatic carbocycles. The van der Waals surface area contributed by atoms with Crippen molar-refractivity contribution in [2.45, 2.75) is 44.6 Å². The van der Waals surface area contributed by atoms with E-state index in [9.17, 15) is 14.4 Å². The van der Waals surface area contributed by atoms with Crippen LogP contribution in [-0.4, -0.2) is 49.8 Å². The lowest BCUT2D eigenvalue weighted by molar-refractivity contribution is -0.150. The van der Waals surface area contributed by atoms with Gasteiger partial charge in [0.05, 0.1) is 26.4 Å². The number of hydrogen-bond donors (Lipinski definition) is 1. The fraction of sp³-hybridized carbons (Fsp3) is 0.333. The van der Waals surface area contributed by atoms with Crippen LogP contribution in [0.2, 0.25) is 0 Å². The van der Waals surface area contributed by atoms with Crippen LogP contribution >= 0.6 is 11.3 Å². The summed E-state index contributed by atoms with van der Waals surface area (Å²) in [6.07, 6.45) is 0.417. The van der Waals surface area contributed by atoms with Gasteiger partial charge in [-0.1, -0.05) is 60.7 Å². The van der Waals surface area contributed by atoms with Crippen molar-refractivity contribution in [1.82, 2.24) is 10.3 Å². The van der Waals surface area contributed by atoms with Gasteiger partial charge in [0.2, 0.25) is 0 Å². The van der Waals surface area contributed by atoms with Crippen LogP contribution in [0.4, 0.5) is 0 Å². The second-order valence-corrected chi connectivity index (χ2v) is 10.4. The fourth-order valence-electron chi connectivity index (χ4n) is 5.31. The third-order valence-corrected chi connectivity index (χ3v) is 8.26. The van der Waals surface area contributed by atoms with E-state index in [0.717, 1.165) is 5.56 Å². The first-order valence-corrected chi connectivity index (χ1v) is 13.5. The largest absolute Gasteiger partial charge is 0.468 e. The molecule has 9 heteroatoms. The van der Waals surface area contributed by atoms with Gasteiger partial charge in [0.25, 0.3) is 0 Å². The third kappa shape index (κ3) is 5.06. The Hall–Kier alpha value is -3.98. The summed E-state index contributed by atoms with van der Waals surface area (Å²) in [6, 6.07) is 18.4. The number of nitrogens with one attached hydrogen (secondary N) is 1. The lowest BCUT2D eigenvalue weighted by Gasteiger charge is -2.46. The van der Waals surface area contributed by atoms with Gasteiger partial charge < -0.3 is 19.5 Å². The van der Waals surface area contributed by atoms with Crippen LogP contribution in [0.3, 0.4) is 0 Å². The van der Waals surface area contributed by atoms with E-state index >= 15 is 0 Å². The molecular formula is C30H32N2O6S. The molecule has 3 unspecified atom stereocenters. The van der Waals surface area contributed by atoms with Gasteiger partial charge in [-0.3, -0.25) is 4.79 Å². The van der Waals surface area contributed by atoms with Crippen molar-refractivity contribution in [3.8, 4) is 0 Å². The van der Waals surface area contributed by atoms with E-state index in [4.69, 9.17) is 19.2 Å². The predicted octanol–water partition coefficient (Wildman–Crippen LogP) is 4.54. The number of benzene rings is 2. The van der Waals surface area contributed by atoms with E-state index in [-0.39, 0.29) is 12.3 Å². The van der Waals surface area contributed by atoms with Gasteiger partial charge in [0.1, 0.15) is 5.01 Å². The number of rotatable bonds is 8. The fourth-order valence-corrected chi connectivity index (χ4v) is 6.70. The van der Waals surface area contributed by atoms with E-state index < -0.39 is 35.3 Å². The minimum Gasteiger partial charge on any atom is -0.468 e. The minimum absolute atomic E-state index is 0.147. The van der Waals surface area contributed by atoms with Gasteiger partial charge in [-0.25, -0.2) is 14.6 Å².